The molecule has 1 unspecified atom stereocenters. The van der Waals surface area contributed by atoms with E-state index in [-0.39, 0.29) is 5.30 Å². The molecule has 0 rings (SSSR count). The van der Waals surface area contributed by atoms with Crippen molar-refractivity contribution in [2.24, 2.45) is 0 Å². The normalized spacial score (nSPS) is 12.6. The molecule has 0 spiro atoms. The third-order valence-corrected chi connectivity index (χ3v) is 1.93. The van der Waals surface area contributed by atoms with Gasteiger partial charge in [-0.15, -0.1) is 0 Å². The number of halogens is 1. The maximum absolute atomic E-state index is 10.8. The molecule has 0 bridgehead atoms. The first kappa shape index (κ1) is 11.1. The van der Waals surface area contributed by atoms with Crippen LogP contribution < -0.4 is 0 Å². The molecule has 2 nitrogen and oxygen atoms in total. The minimum atomic E-state index is -0.452. The SMILES string of the molecule is CCCC(Cl)OC(=O)SCC. The number of carbonyl (C=O) groups is 1. The average molecular weight is 197 g/mol. The molecule has 0 saturated carbocycles. The average Bonchev–Trinajstić information content (AvgIpc) is 1.87. The van der Waals surface area contributed by atoms with Crippen LogP contribution in [0.2, 0.25) is 0 Å². The molecule has 0 aliphatic heterocycles. The Hall–Kier alpha value is 0.110. The van der Waals surface area contributed by atoms with E-state index >= 15 is 0 Å². The lowest BCUT2D eigenvalue weighted by Gasteiger charge is -2.08. The van der Waals surface area contributed by atoms with Crippen LogP contribution in [0.15, 0.2) is 0 Å². The molecular formula is C7H13ClO2S. The van der Waals surface area contributed by atoms with Crippen molar-refractivity contribution in [3.8, 4) is 0 Å². The van der Waals surface area contributed by atoms with Gasteiger partial charge >= 0.3 is 5.30 Å². The maximum atomic E-state index is 10.8. The van der Waals surface area contributed by atoms with E-state index in [1.54, 1.807) is 0 Å². The number of ether oxygens (including phenoxy) is 1. The van der Waals surface area contributed by atoms with Crippen LogP contribution in [0.25, 0.3) is 0 Å². The van der Waals surface area contributed by atoms with Crippen LogP contribution in [0.1, 0.15) is 26.7 Å². The topological polar surface area (TPSA) is 26.3 Å². The second-order valence-corrected chi connectivity index (χ2v) is 3.69. The summed E-state index contributed by atoms with van der Waals surface area (Å²) in [6.07, 6.45) is 1.65. The molecule has 1 atom stereocenters. The van der Waals surface area contributed by atoms with Gasteiger partial charge in [-0.1, -0.05) is 31.9 Å². The first-order valence-corrected chi connectivity index (χ1v) is 5.10. The standard InChI is InChI=1S/C7H13ClO2S/c1-3-5-6(8)10-7(9)11-4-2/h6H,3-5H2,1-2H3. The van der Waals surface area contributed by atoms with Gasteiger partial charge in [0.1, 0.15) is 0 Å². The zero-order valence-corrected chi connectivity index (χ0v) is 8.37. The summed E-state index contributed by atoms with van der Waals surface area (Å²) in [7, 11) is 0. The Labute approximate surface area is 76.6 Å². The summed E-state index contributed by atoms with van der Waals surface area (Å²) in [4.78, 5) is 10.8. The molecule has 0 N–H and O–H groups in total. The van der Waals surface area contributed by atoms with Crippen LogP contribution in [0.3, 0.4) is 0 Å². The van der Waals surface area contributed by atoms with Crippen LogP contribution in [0.5, 0.6) is 0 Å². The molecule has 0 heterocycles. The van der Waals surface area contributed by atoms with Crippen molar-refractivity contribution >= 4 is 28.7 Å². The number of alkyl halides is 1. The van der Waals surface area contributed by atoms with Gasteiger partial charge in [0.15, 0.2) is 5.56 Å². The Bertz CT molecular complexity index is 119. The monoisotopic (exact) mass is 196 g/mol. The van der Waals surface area contributed by atoms with Gasteiger partial charge in [-0.2, -0.15) is 0 Å². The Morgan fingerprint density at radius 2 is 2.27 bits per heavy atom. The zero-order chi connectivity index (χ0) is 8.69. The Morgan fingerprint density at radius 3 is 2.73 bits per heavy atom. The smallest absolute Gasteiger partial charge is 0.368 e. The number of thioether (sulfide) groups is 1. The second kappa shape index (κ2) is 6.80. The number of carbonyl (C=O) groups excluding carboxylic acids is 1. The van der Waals surface area contributed by atoms with Crippen molar-refractivity contribution in [1.82, 2.24) is 0 Å². The fraction of sp³-hybridized carbons (Fsp3) is 0.857. The second-order valence-electron chi connectivity index (χ2n) is 2.00. The van der Waals surface area contributed by atoms with E-state index in [2.05, 4.69) is 0 Å². The molecular weight excluding hydrogens is 184 g/mol. The Balaban J connectivity index is 3.40. The third-order valence-electron chi connectivity index (χ3n) is 1.00. The fourth-order valence-corrected chi connectivity index (χ4v) is 1.31. The van der Waals surface area contributed by atoms with E-state index in [9.17, 15) is 4.79 Å². The van der Waals surface area contributed by atoms with Crippen molar-refractivity contribution in [1.29, 1.82) is 0 Å². The maximum Gasteiger partial charge on any atom is 0.368 e. The molecule has 0 aromatic heterocycles. The molecule has 0 fully saturated rings. The van der Waals surface area contributed by atoms with Gasteiger partial charge in [0.05, 0.1) is 0 Å². The molecule has 4 heteroatoms. The molecule has 0 radical (unpaired) electrons. The summed E-state index contributed by atoms with van der Waals surface area (Å²) in [6, 6.07) is 0. The van der Waals surface area contributed by atoms with Gasteiger partial charge in [-0.25, -0.2) is 4.79 Å². The summed E-state index contributed by atoms with van der Waals surface area (Å²) in [5.74, 6) is 0.731. The lowest BCUT2D eigenvalue weighted by Crippen LogP contribution is -2.07. The summed E-state index contributed by atoms with van der Waals surface area (Å²) < 4.78 is 4.82. The third kappa shape index (κ3) is 6.51. The highest BCUT2D eigenvalue weighted by Gasteiger charge is 2.08. The van der Waals surface area contributed by atoms with Crippen LogP contribution in [-0.4, -0.2) is 16.6 Å². The van der Waals surface area contributed by atoms with Crippen molar-refractivity contribution in [3.05, 3.63) is 0 Å². The summed E-state index contributed by atoms with van der Waals surface area (Å²) in [5, 5.41) is -0.277. The highest BCUT2D eigenvalue weighted by molar-refractivity contribution is 8.13. The minimum absolute atomic E-state index is 0.277. The summed E-state index contributed by atoms with van der Waals surface area (Å²) in [6.45, 7) is 3.89. The largest absolute Gasteiger partial charge is 0.438 e. The molecule has 66 valence electrons. The van der Waals surface area contributed by atoms with Gasteiger partial charge in [0, 0.05) is 5.75 Å². The predicted molar refractivity (Wildman–Crippen MR) is 49.2 cm³/mol. The molecule has 0 saturated heterocycles. The number of hydrogen-bond donors (Lipinski definition) is 0. The predicted octanol–water partition coefficient (Wildman–Crippen LogP) is 3.24. The van der Waals surface area contributed by atoms with Gasteiger partial charge in [0.2, 0.25) is 0 Å². The van der Waals surface area contributed by atoms with Crippen molar-refractivity contribution in [2.45, 2.75) is 32.3 Å². The zero-order valence-electron chi connectivity index (χ0n) is 6.80. The van der Waals surface area contributed by atoms with Gasteiger partial charge in [-0.05, 0) is 18.2 Å². The van der Waals surface area contributed by atoms with E-state index < -0.39 is 5.56 Å². The van der Waals surface area contributed by atoms with Crippen LogP contribution in [0, 0.1) is 0 Å². The van der Waals surface area contributed by atoms with E-state index in [0.717, 1.165) is 30.4 Å². The van der Waals surface area contributed by atoms with E-state index in [4.69, 9.17) is 16.3 Å². The minimum Gasteiger partial charge on any atom is -0.438 e. The molecule has 11 heavy (non-hydrogen) atoms. The van der Waals surface area contributed by atoms with E-state index in [0.29, 0.717) is 0 Å². The van der Waals surface area contributed by atoms with Gasteiger partial charge < -0.3 is 4.74 Å². The highest BCUT2D eigenvalue weighted by atomic mass is 35.5. The van der Waals surface area contributed by atoms with Crippen LogP contribution in [0.4, 0.5) is 4.79 Å². The lowest BCUT2D eigenvalue weighted by atomic mass is 10.4. The van der Waals surface area contributed by atoms with Crippen molar-refractivity contribution in [2.75, 3.05) is 5.75 Å². The molecule has 0 aliphatic carbocycles. The lowest BCUT2D eigenvalue weighted by molar-refractivity contribution is 0.157. The van der Waals surface area contributed by atoms with Crippen molar-refractivity contribution < 1.29 is 9.53 Å². The number of rotatable bonds is 4. The van der Waals surface area contributed by atoms with Crippen molar-refractivity contribution in [3.63, 3.8) is 0 Å². The van der Waals surface area contributed by atoms with Gasteiger partial charge in [-0.3, -0.25) is 0 Å². The van der Waals surface area contributed by atoms with E-state index in [1.807, 2.05) is 13.8 Å². The van der Waals surface area contributed by atoms with Gasteiger partial charge in [0.25, 0.3) is 0 Å². The Morgan fingerprint density at radius 1 is 1.64 bits per heavy atom. The summed E-state index contributed by atoms with van der Waals surface area (Å²) >= 11 is 6.80. The Kier molecular flexibility index (Phi) is 6.87. The molecule has 0 aliphatic rings. The first-order valence-electron chi connectivity index (χ1n) is 3.68. The van der Waals surface area contributed by atoms with Crippen LogP contribution >= 0.6 is 23.4 Å². The first-order chi connectivity index (χ1) is 5.20. The number of hydrogen-bond acceptors (Lipinski definition) is 3. The van der Waals surface area contributed by atoms with E-state index in [1.165, 1.54) is 0 Å². The quantitative estimate of drug-likeness (QED) is 0.510. The summed E-state index contributed by atoms with van der Waals surface area (Å²) in [5.41, 5.74) is -0.452. The molecule has 0 aromatic carbocycles. The molecule has 0 amide bonds. The fourth-order valence-electron chi connectivity index (χ4n) is 0.542. The van der Waals surface area contributed by atoms with Crippen LogP contribution in [-0.2, 0) is 4.74 Å². The highest BCUT2D eigenvalue weighted by Crippen LogP contribution is 2.12. The molecule has 0 aromatic rings.